The maximum Gasteiger partial charge on any atom is 0.165 e. The van der Waals surface area contributed by atoms with Crippen molar-refractivity contribution < 1.29 is 14.6 Å². The number of likely N-dealkylation sites (N-methyl/N-ethyl adjacent to an activating group) is 1. The van der Waals surface area contributed by atoms with Crippen LogP contribution in [0.25, 0.3) is 0 Å². The second kappa shape index (κ2) is 4.99. The number of hydrogen-bond donors (Lipinski definition) is 1. The van der Waals surface area contributed by atoms with Crippen molar-refractivity contribution in [2.24, 2.45) is 5.92 Å². The number of aliphatic hydroxyl groups excluding tert-OH is 1. The Morgan fingerprint density at radius 3 is 3.08 bits per heavy atom. The molecule has 0 aromatic heterocycles. The fourth-order valence-electron chi connectivity index (χ4n) is 5.55. The first-order valence-corrected chi connectivity index (χ1v) is 9.19. The summed E-state index contributed by atoms with van der Waals surface area (Å²) >= 11 is 0. The van der Waals surface area contributed by atoms with E-state index < -0.39 is 6.10 Å². The van der Waals surface area contributed by atoms with Gasteiger partial charge in [-0.3, -0.25) is 0 Å². The number of piperidine rings is 1. The lowest BCUT2D eigenvalue weighted by molar-refractivity contribution is -0.0454. The quantitative estimate of drug-likeness (QED) is 0.865. The van der Waals surface area contributed by atoms with E-state index in [4.69, 9.17) is 9.47 Å². The highest BCUT2D eigenvalue weighted by Crippen LogP contribution is 2.62. The summed E-state index contributed by atoms with van der Waals surface area (Å²) in [4.78, 5) is 2.48. The Kier molecular flexibility index (Phi) is 3.08. The number of nitrogens with zero attached hydrogens (tertiary/aromatic N) is 1. The molecule has 5 atom stereocenters. The number of benzene rings is 1. The van der Waals surface area contributed by atoms with E-state index in [1.54, 1.807) is 0 Å². The van der Waals surface area contributed by atoms with Gasteiger partial charge in [-0.15, -0.1) is 0 Å². The molecule has 1 aromatic rings. The van der Waals surface area contributed by atoms with Crippen LogP contribution in [0.3, 0.4) is 0 Å². The SMILES string of the molecule is CCCOc1ccc2c3c1OC1C(O)C=CC4C(C2)N(C)CCC341. The molecule has 4 nitrogen and oxygen atoms in total. The fourth-order valence-corrected chi connectivity index (χ4v) is 5.55. The van der Waals surface area contributed by atoms with Gasteiger partial charge in [-0.2, -0.15) is 0 Å². The molecule has 4 heteroatoms. The zero-order chi connectivity index (χ0) is 16.5. The van der Waals surface area contributed by atoms with Crippen LogP contribution in [0.4, 0.5) is 0 Å². The van der Waals surface area contributed by atoms with Crippen molar-refractivity contribution >= 4 is 0 Å². The number of ether oxygens (including phenoxy) is 2. The third-order valence-corrected chi connectivity index (χ3v) is 6.60. The summed E-state index contributed by atoms with van der Waals surface area (Å²) < 4.78 is 12.4. The predicted octanol–water partition coefficient (Wildman–Crippen LogP) is 2.28. The molecule has 1 spiro atoms. The van der Waals surface area contributed by atoms with Crippen LogP contribution in [0.1, 0.15) is 30.9 Å². The van der Waals surface area contributed by atoms with Crippen LogP contribution < -0.4 is 9.47 Å². The van der Waals surface area contributed by atoms with Crippen LogP contribution in [0.2, 0.25) is 0 Å². The molecule has 1 saturated heterocycles. The van der Waals surface area contributed by atoms with Gasteiger partial charge in [0.2, 0.25) is 0 Å². The summed E-state index contributed by atoms with van der Waals surface area (Å²) in [7, 11) is 2.23. The van der Waals surface area contributed by atoms with Crippen molar-refractivity contribution in [3.63, 3.8) is 0 Å². The third-order valence-electron chi connectivity index (χ3n) is 6.60. The van der Waals surface area contributed by atoms with E-state index >= 15 is 0 Å². The first-order chi connectivity index (χ1) is 11.7. The highest BCUT2D eigenvalue weighted by atomic mass is 16.5. The van der Waals surface area contributed by atoms with E-state index in [1.165, 1.54) is 11.1 Å². The zero-order valence-corrected chi connectivity index (χ0v) is 14.4. The molecular weight excluding hydrogens is 302 g/mol. The largest absolute Gasteiger partial charge is 0.490 e. The lowest BCUT2D eigenvalue weighted by Crippen LogP contribution is -2.64. The second-order valence-electron chi connectivity index (χ2n) is 7.76. The van der Waals surface area contributed by atoms with Gasteiger partial charge in [-0.25, -0.2) is 0 Å². The molecule has 0 amide bonds. The Morgan fingerprint density at radius 2 is 2.25 bits per heavy atom. The number of hydrogen-bond acceptors (Lipinski definition) is 4. The lowest BCUT2D eigenvalue weighted by Gasteiger charge is -2.56. The van der Waals surface area contributed by atoms with Crippen molar-refractivity contribution in [3.8, 4) is 11.5 Å². The second-order valence-corrected chi connectivity index (χ2v) is 7.76. The third kappa shape index (κ3) is 1.66. The molecule has 5 rings (SSSR count). The van der Waals surface area contributed by atoms with Crippen molar-refractivity contribution in [1.29, 1.82) is 0 Å². The molecule has 2 bridgehead atoms. The first kappa shape index (κ1) is 14.8. The van der Waals surface area contributed by atoms with Gasteiger partial charge in [0.15, 0.2) is 11.5 Å². The predicted molar refractivity (Wildman–Crippen MR) is 91.7 cm³/mol. The zero-order valence-electron chi connectivity index (χ0n) is 14.4. The standard InChI is InChI=1S/C20H25NO3/c1-3-10-23-16-7-4-12-11-14-13-5-6-15(22)19-20(13,8-9-21(14)2)17(12)18(16)24-19/h4-7,13-15,19,22H,3,8-11H2,1-2H3. The molecule has 1 fully saturated rings. The highest BCUT2D eigenvalue weighted by molar-refractivity contribution is 5.62. The summed E-state index contributed by atoms with van der Waals surface area (Å²) in [5.74, 6) is 2.17. The van der Waals surface area contributed by atoms with Crippen molar-refractivity contribution in [2.75, 3.05) is 20.2 Å². The normalized spacial score (nSPS) is 38.6. The topological polar surface area (TPSA) is 41.9 Å². The molecular formula is C20H25NO3. The summed E-state index contributed by atoms with van der Waals surface area (Å²) in [6.07, 6.45) is 6.55. The van der Waals surface area contributed by atoms with E-state index in [1.807, 2.05) is 6.08 Å². The Balaban J connectivity index is 1.72. The van der Waals surface area contributed by atoms with Crippen molar-refractivity contribution in [2.45, 2.75) is 49.9 Å². The number of rotatable bonds is 3. The van der Waals surface area contributed by atoms with Gasteiger partial charge in [-0.05, 0) is 44.5 Å². The summed E-state index contributed by atoms with van der Waals surface area (Å²) in [5, 5.41) is 10.7. The molecule has 0 radical (unpaired) electrons. The molecule has 4 aliphatic rings. The Hall–Kier alpha value is -1.52. The van der Waals surface area contributed by atoms with Crippen LogP contribution >= 0.6 is 0 Å². The van der Waals surface area contributed by atoms with Gasteiger partial charge >= 0.3 is 0 Å². The minimum absolute atomic E-state index is 0.0835. The summed E-state index contributed by atoms with van der Waals surface area (Å²) in [6, 6.07) is 4.78. The molecule has 24 heavy (non-hydrogen) atoms. The fraction of sp³-hybridized carbons (Fsp3) is 0.600. The van der Waals surface area contributed by atoms with Gasteiger partial charge in [0.05, 0.1) is 6.61 Å². The number of aliphatic hydroxyl groups is 1. The molecule has 128 valence electrons. The molecule has 2 aliphatic carbocycles. The smallest absolute Gasteiger partial charge is 0.165 e. The highest BCUT2D eigenvalue weighted by Gasteiger charge is 2.64. The van der Waals surface area contributed by atoms with Crippen molar-refractivity contribution in [3.05, 3.63) is 35.4 Å². The molecule has 5 unspecified atom stereocenters. The maximum atomic E-state index is 10.7. The molecule has 1 N–H and O–H groups in total. The van der Waals surface area contributed by atoms with Gasteiger partial charge in [0.1, 0.15) is 12.2 Å². The van der Waals surface area contributed by atoms with Crippen LogP contribution in [0.15, 0.2) is 24.3 Å². The van der Waals surface area contributed by atoms with Crippen LogP contribution in [-0.4, -0.2) is 48.5 Å². The van der Waals surface area contributed by atoms with E-state index in [9.17, 15) is 5.11 Å². The molecule has 2 aliphatic heterocycles. The summed E-state index contributed by atoms with van der Waals surface area (Å²) in [5.41, 5.74) is 2.63. The van der Waals surface area contributed by atoms with Gasteiger partial charge in [0.25, 0.3) is 0 Å². The van der Waals surface area contributed by atoms with Gasteiger partial charge in [0, 0.05) is 22.9 Å². The Labute approximate surface area is 143 Å². The summed E-state index contributed by atoms with van der Waals surface area (Å²) in [6.45, 7) is 3.87. The molecule has 2 heterocycles. The minimum Gasteiger partial charge on any atom is -0.490 e. The Bertz CT molecular complexity index is 715. The number of likely N-dealkylation sites (tertiary alicyclic amines) is 1. The first-order valence-electron chi connectivity index (χ1n) is 9.19. The van der Waals surface area contributed by atoms with E-state index in [0.29, 0.717) is 18.6 Å². The van der Waals surface area contributed by atoms with Crippen molar-refractivity contribution in [1.82, 2.24) is 4.90 Å². The average Bonchev–Trinajstić information content (AvgIpc) is 2.94. The van der Waals surface area contributed by atoms with Gasteiger partial charge < -0.3 is 19.5 Å². The molecule has 0 saturated carbocycles. The lowest BCUT2D eigenvalue weighted by atomic mass is 9.53. The molecule has 1 aromatic carbocycles. The van der Waals surface area contributed by atoms with Gasteiger partial charge in [-0.1, -0.05) is 25.1 Å². The van der Waals surface area contributed by atoms with Crippen LogP contribution in [-0.2, 0) is 11.8 Å². The van der Waals surface area contributed by atoms with Crippen LogP contribution in [0, 0.1) is 5.92 Å². The minimum atomic E-state index is -0.539. The van der Waals surface area contributed by atoms with Crippen LogP contribution in [0.5, 0.6) is 11.5 Å². The maximum absolute atomic E-state index is 10.7. The Morgan fingerprint density at radius 1 is 1.38 bits per heavy atom. The van der Waals surface area contributed by atoms with E-state index in [0.717, 1.165) is 37.3 Å². The average molecular weight is 327 g/mol. The van der Waals surface area contributed by atoms with E-state index in [2.05, 4.69) is 37.1 Å². The monoisotopic (exact) mass is 327 g/mol. The van der Waals surface area contributed by atoms with E-state index in [-0.39, 0.29) is 11.5 Å².